The molecule has 2 aromatic carbocycles. The molecular formula is C21H21F3O4. The summed E-state index contributed by atoms with van der Waals surface area (Å²) in [5.41, 5.74) is 0.224. The van der Waals surface area contributed by atoms with Crippen LogP contribution in [-0.4, -0.2) is 23.8 Å². The number of carboxylic acid groups (broad SMARTS) is 1. The van der Waals surface area contributed by atoms with Crippen molar-refractivity contribution >= 4 is 5.97 Å². The van der Waals surface area contributed by atoms with Crippen molar-refractivity contribution in [3.8, 4) is 22.6 Å². The molecule has 2 aromatic rings. The van der Waals surface area contributed by atoms with Crippen molar-refractivity contribution in [2.75, 3.05) is 6.61 Å². The van der Waals surface area contributed by atoms with Gasteiger partial charge >= 0.3 is 12.1 Å². The smallest absolute Gasteiger partial charge is 0.416 e. The number of hydrogen-bond donors (Lipinski definition) is 1. The molecule has 1 fully saturated rings. The first-order chi connectivity index (χ1) is 13.1. The fourth-order valence-electron chi connectivity index (χ4n) is 2.95. The molecule has 2 atom stereocenters. The van der Waals surface area contributed by atoms with Crippen molar-refractivity contribution in [3.63, 3.8) is 0 Å². The van der Waals surface area contributed by atoms with Gasteiger partial charge in [-0.25, -0.2) is 0 Å². The molecule has 4 nitrogen and oxygen atoms in total. The zero-order valence-corrected chi connectivity index (χ0v) is 15.5. The van der Waals surface area contributed by atoms with Gasteiger partial charge in [-0.15, -0.1) is 0 Å². The van der Waals surface area contributed by atoms with Crippen LogP contribution in [0.3, 0.4) is 0 Å². The van der Waals surface area contributed by atoms with E-state index in [1.54, 1.807) is 44.2 Å². The topological polar surface area (TPSA) is 55.8 Å². The van der Waals surface area contributed by atoms with Gasteiger partial charge in [-0.2, -0.15) is 13.2 Å². The van der Waals surface area contributed by atoms with E-state index in [1.165, 1.54) is 0 Å². The lowest BCUT2D eigenvalue weighted by molar-refractivity contribution is -0.139. The highest BCUT2D eigenvalue weighted by Gasteiger charge is 2.43. The second-order valence-corrected chi connectivity index (χ2v) is 7.19. The summed E-state index contributed by atoms with van der Waals surface area (Å²) in [7, 11) is 0. The van der Waals surface area contributed by atoms with Crippen LogP contribution in [-0.2, 0) is 11.0 Å². The van der Waals surface area contributed by atoms with Gasteiger partial charge in [-0.3, -0.25) is 4.79 Å². The number of halogens is 3. The highest BCUT2D eigenvalue weighted by Crippen LogP contribution is 2.39. The molecule has 3 rings (SSSR count). The summed E-state index contributed by atoms with van der Waals surface area (Å²) in [6, 6.07) is 10.3. The Morgan fingerprint density at radius 3 is 2.32 bits per heavy atom. The molecule has 0 aromatic heterocycles. The summed E-state index contributed by atoms with van der Waals surface area (Å²) in [5, 5.41) is 8.89. The van der Waals surface area contributed by atoms with Gasteiger partial charge < -0.3 is 14.6 Å². The lowest BCUT2D eigenvalue weighted by Crippen LogP contribution is -2.09. The van der Waals surface area contributed by atoms with Crippen LogP contribution in [0, 0.1) is 11.8 Å². The van der Waals surface area contributed by atoms with E-state index in [0.717, 1.165) is 12.1 Å². The van der Waals surface area contributed by atoms with E-state index in [1.807, 2.05) is 0 Å². The summed E-state index contributed by atoms with van der Waals surface area (Å²) in [4.78, 5) is 10.8. The average Bonchev–Trinajstić information content (AvgIpc) is 3.39. The minimum Gasteiger partial charge on any atom is -0.493 e. The molecule has 0 saturated heterocycles. The third-order valence-electron chi connectivity index (χ3n) is 4.50. The van der Waals surface area contributed by atoms with Crippen LogP contribution in [0.4, 0.5) is 13.2 Å². The highest BCUT2D eigenvalue weighted by atomic mass is 19.4. The van der Waals surface area contributed by atoms with Crippen LogP contribution in [0.1, 0.15) is 25.8 Å². The molecule has 28 heavy (non-hydrogen) atoms. The first-order valence-electron chi connectivity index (χ1n) is 8.98. The zero-order chi connectivity index (χ0) is 20.5. The van der Waals surface area contributed by atoms with Crippen LogP contribution in [0.2, 0.25) is 0 Å². The average molecular weight is 394 g/mol. The quantitative estimate of drug-likeness (QED) is 0.696. The molecule has 0 spiro atoms. The lowest BCUT2D eigenvalue weighted by atomic mass is 10.0. The highest BCUT2D eigenvalue weighted by molar-refractivity contribution is 5.73. The Morgan fingerprint density at radius 2 is 1.79 bits per heavy atom. The van der Waals surface area contributed by atoms with E-state index in [0.29, 0.717) is 29.9 Å². The van der Waals surface area contributed by atoms with Crippen LogP contribution in [0.5, 0.6) is 11.5 Å². The molecule has 0 bridgehead atoms. The van der Waals surface area contributed by atoms with E-state index in [9.17, 15) is 18.0 Å². The van der Waals surface area contributed by atoms with Gasteiger partial charge in [0.25, 0.3) is 0 Å². The predicted molar refractivity (Wildman–Crippen MR) is 97.4 cm³/mol. The Morgan fingerprint density at radius 1 is 1.11 bits per heavy atom. The summed E-state index contributed by atoms with van der Waals surface area (Å²) >= 11 is 0. The SMILES string of the molecule is CC(C)Oc1cc(-c2ccc(OC[C@@H]3C[C@H]3C(=O)O)cc2)cc(C(F)(F)F)c1. The van der Waals surface area contributed by atoms with Gasteiger partial charge in [0.05, 0.1) is 24.2 Å². The Hall–Kier alpha value is -2.70. The van der Waals surface area contributed by atoms with Crippen molar-refractivity contribution in [1.82, 2.24) is 0 Å². The molecule has 0 heterocycles. The maximum Gasteiger partial charge on any atom is 0.416 e. The number of ether oxygens (including phenoxy) is 2. The summed E-state index contributed by atoms with van der Waals surface area (Å²) in [6.07, 6.45) is -4.11. The fourth-order valence-corrected chi connectivity index (χ4v) is 2.95. The van der Waals surface area contributed by atoms with E-state index < -0.39 is 17.7 Å². The summed E-state index contributed by atoms with van der Waals surface area (Å²) in [6.45, 7) is 3.81. The second kappa shape index (κ2) is 7.73. The molecule has 0 aliphatic heterocycles. The number of alkyl halides is 3. The molecule has 0 unspecified atom stereocenters. The number of hydrogen-bond acceptors (Lipinski definition) is 3. The molecule has 150 valence electrons. The normalized spacial score (nSPS) is 18.8. The maximum absolute atomic E-state index is 13.2. The van der Waals surface area contributed by atoms with Crippen LogP contribution in [0.25, 0.3) is 11.1 Å². The van der Waals surface area contributed by atoms with E-state index in [-0.39, 0.29) is 23.7 Å². The molecule has 7 heteroatoms. The van der Waals surface area contributed by atoms with Crippen LogP contribution < -0.4 is 9.47 Å². The Bertz CT molecular complexity index is 844. The maximum atomic E-state index is 13.2. The molecule has 1 aliphatic carbocycles. The standard InChI is InChI=1S/C21H21F3O4/c1-12(2)28-18-8-14(7-16(10-18)21(22,23)24)13-3-5-17(6-4-13)27-11-15-9-19(15)20(25)26/h3-8,10,12,15,19H,9,11H2,1-2H3,(H,25,26)/t15-,19+/m0/s1. The van der Waals surface area contributed by atoms with Crippen molar-refractivity contribution in [2.24, 2.45) is 11.8 Å². The molecule has 0 amide bonds. The van der Waals surface area contributed by atoms with Gasteiger partial charge in [0.2, 0.25) is 0 Å². The van der Waals surface area contributed by atoms with Gasteiger partial charge in [-0.1, -0.05) is 12.1 Å². The van der Waals surface area contributed by atoms with E-state index >= 15 is 0 Å². The molecular weight excluding hydrogens is 373 g/mol. The Kier molecular flexibility index (Phi) is 5.54. The predicted octanol–water partition coefficient (Wildman–Crippen LogP) is 5.26. The number of benzene rings is 2. The number of carbonyl (C=O) groups is 1. The minimum atomic E-state index is -4.47. The van der Waals surface area contributed by atoms with E-state index in [4.69, 9.17) is 14.6 Å². The van der Waals surface area contributed by atoms with Gasteiger partial charge in [0, 0.05) is 5.92 Å². The molecule has 1 saturated carbocycles. The van der Waals surface area contributed by atoms with Crippen molar-refractivity contribution < 1.29 is 32.5 Å². The van der Waals surface area contributed by atoms with Crippen LogP contribution in [0.15, 0.2) is 42.5 Å². The van der Waals surface area contributed by atoms with Crippen molar-refractivity contribution in [2.45, 2.75) is 32.5 Å². The third kappa shape index (κ3) is 4.97. The van der Waals surface area contributed by atoms with E-state index in [2.05, 4.69) is 0 Å². The summed E-state index contributed by atoms with van der Waals surface area (Å²) in [5.74, 6) is -0.438. The Labute approximate surface area is 160 Å². The monoisotopic (exact) mass is 394 g/mol. The summed E-state index contributed by atoms with van der Waals surface area (Å²) < 4.78 is 50.7. The largest absolute Gasteiger partial charge is 0.493 e. The van der Waals surface area contributed by atoms with Crippen molar-refractivity contribution in [3.05, 3.63) is 48.0 Å². The number of aliphatic carboxylic acids is 1. The molecule has 0 radical (unpaired) electrons. The third-order valence-corrected chi connectivity index (χ3v) is 4.50. The first kappa shape index (κ1) is 20.0. The van der Waals surface area contributed by atoms with Gasteiger partial charge in [-0.05, 0) is 61.7 Å². The number of rotatable bonds is 7. The molecule has 1 N–H and O–H groups in total. The lowest BCUT2D eigenvalue weighted by Gasteiger charge is -2.15. The van der Waals surface area contributed by atoms with Crippen LogP contribution >= 0.6 is 0 Å². The second-order valence-electron chi connectivity index (χ2n) is 7.19. The number of carboxylic acids is 1. The Balaban J connectivity index is 1.76. The minimum absolute atomic E-state index is 0.0105. The van der Waals surface area contributed by atoms with Crippen molar-refractivity contribution in [1.29, 1.82) is 0 Å². The fraction of sp³-hybridized carbons (Fsp3) is 0.381. The van der Waals surface area contributed by atoms with Gasteiger partial charge in [0.1, 0.15) is 11.5 Å². The first-order valence-corrected chi connectivity index (χ1v) is 8.98. The van der Waals surface area contributed by atoms with Gasteiger partial charge in [0.15, 0.2) is 0 Å². The molecule has 1 aliphatic rings. The zero-order valence-electron chi connectivity index (χ0n) is 15.5.